The molecule has 0 radical (unpaired) electrons. The Balaban J connectivity index is 1.70. The molecule has 4 rings (SSSR count). The number of alkyl halides is 3. The number of piperazine rings is 1. The average Bonchev–Trinajstić information content (AvgIpc) is 3.29. The lowest BCUT2D eigenvalue weighted by Crippen LogP contribution is -2.44. The minimum Gasteiger partial charge on any atom is -0.369 e. The van der Waals surface area contributed by atoms with Crippen LogP contribution in [0.5, 0.6) is 0 Å². The number of amides is 1. The van der Waals surface area contributed by atoms with Crippen molar-refractivity contribution in [3.05, 3.63) is 59.5 Å². The molecule has 0 saturated carbocycles. The van der Waals surface area contributed by atoms with Crippen LogP contribution >= 0.6 is 0 Å². The summed E-state index contributed by atoms with van der Waals surface area (Å²) in [5.74, 6) is -0.366. The van der Waals surface area contributed by atoms with Gasteiger partial charge in [-0.3, -0.25) is 4.79 Å². The maximum Gasteiger partial charge on any atom is 0.416 e. The molecule has 0 spiro atoms. The average molecular weight is 445 g/mol. The van der Waals surface area contributed by atoms with Crippen LogP contribution in [-0.2, 0) is 6.18 Å². The summed E-state index contributed by atoms with van der Waals surface area (Å²) in [5, 5.41) is 10.2. The highest BCUT2D eigenvalue weighted by atomic mass is 19.4. The van der Waals surface area contributed by atoms with Crippen LogP contribution in [0.25, 0.3) is 5.82 Å². The second-order valence-corrected chi connectivity index (χ2v) is 7.63. The number of hydrogen-bond donors (Lipinski definition) is 1. The van der Waals surface area contributed by atoms with Crippen LogP contribution in [0.1, 0.15) is 21.5 Å². The Morgan fingerprint density at radius 2 is 1.88 bits per heavy atom. The number of benzene rings is 1. The molecule has 2 aromatic heterocycles. The van der Waals surface area contributed by atoms with Crippen molar-refractivity contribution in [2.75, 3.05) is 43.4 Å². The second-order valence-electron chi connectivity index (χ2n) is 7.63. The van der Waals surface area contributed by atoms with Crippen LogP contribution in [0, 0.1) is 6.92 Å². The molecular weight excluding hydrogens is 423 g/mol. The summed E-state index contributed by atoms with van der Waals surface area (Å²) in [6.45, 7) is 4.16. The van der Waals surface area contributed by atoms with Gasteiger partial charge in [0.25, 0.3) is 5.91 Å². The lowest BCUT2D eigenvalue weighted by Gasteiger charge is -2.35. The number of nitrogens with one attached hydrogen (secondary N) is 1. The van der Waals surface area contributed by atoms with Crippen molar-refractivity contribution in [3.63, 3.8) is 0 Å². The van der Waals surface area contributed by atoms with Crippen LogP contribution in [-0.4, -0.2) is 64.0 Å². The number of hydrogen-bond acceptors (Lipinski definition) is 6. The zero-order valence-corrected chi connectivity index (χ0v) is 17.6. The van der Waals surface area contributed by atoms with Gasteiger partial charge >= 0.3 is 6.18 Å². The van der Waals surface area contributed by atoms with E-state index in [0.29, 0.717) is 18.8 Å². The minimum atomic E-state index is -4.55. The first-order valence-electron chi connectivity index (χ1n) is 10.0. The zero-order valence-electron chi connectivity index (χ0n) is 17.6. The fourth-order valence-electron chi connectivity index (χ4n) is 3.72. The third kappa shape index (κ3) is 4.42. The van der Waals surface area contributed by atoms with Crippen LogP contribution in [0.15, 0.2) is 42.9 Å². The number of halogens is 3. The van der Waals surface area contributed by atoms with E-state index in [4.69, 9.17) is 0 Å². The number of rotatable bonds is 4. The molecule has 1 aromatic carbocycles. The predicted octanol–water partition coefficient (Wildman–Crippen LogP) is 2.99. The smallest absolute Gasteiger partial charge is 0.369 e. The van der Waals surface area contributed by atoms with Crippen molar-refractivity contribution in [2.45, 2.75) is 13.1 Å². The summed E-state index contributed by atoms with van der Waals surface area (Å²) in [7, 11) is 1.97. The normalized spacial score (nSPS) is 15.1. The Morgan fingerprint density at radius 1 is 1.12 bits per heavy atom. The van der Waals surface area contributed by atoms with E-state index in [1.807, 2.05) is 11.9 Å². The molecule has 0 bridgehead atoms. The maximum absolute atomic E-state index is 13.8. The molecule has 1 saturated heterocycles. The van der Waals surface area contributed by atoms with Gasteiger partial charge in [-0.15, -0.1) is 5.10 Å². The van der Waals surface area contributed by atoms with E-state index in [-0.39, 0.29) is 22.6 Å². The van der Waals surface area contributed by atoms with Gasteiger partial charge in [0, 0.05) is 43.8 Å². The molecule has 1 N–H and O–H groups in total. The third-order valence-electron chi connectivity index (χ3n) is 5.46. The Bertz CT molecular complexity index is 1110. The molecule has 11 heteroatoms. The molecule has 0 unspecified atom stereocenters. The number of carbonyl (C=O) groups is 1. The van der Waals surface area contributed by atoms with E-state index >= 15 is 0 Å². The first-order chi connectivity index (χ1) is 15.2. The number of carbonyl (C=O) groups excluding carboxylic acids is 1. The topological polar surface area (TPSA) is 79.2 Å². The molecule has 168 valence electrons. The lowest BCUT2D eigenvalue weighted by atomic mass is 10.0. The summed E-state index contributed by atoms with van der Waals surface area (Å²) in [4.78, 5) is 21.2. The van der Waals surface area contributed by atoms with Gasteiger partial charge in [0.2, 0.25) is 0 Å². The fourth-order valence-corrected chi connectivity index (χ4v) is 3.72. The van der Waals surface area contributed by atoms with Gasteiger partial charge in [0.05, 0.1) is 23.5 Å². The van der Waals surface area contributed by atoms with Gasteiger partial charge in [0.15, 0.2) is 5.82 Å². The molecule has 3 heterocycles. The maximum atomic E-state index is 13.8. The monoisotopic (exact) mass is 445 g/mol. The molecule has 32 heavy (non-hydrogen) atoms. The minimum absolute atomic E-state index is 0.0650. The third-order valence-corrected chi connectivity index (χ3v) is 5.46. The molecule has 0 atom stereocenters. The van der Waals surface area contributed by atoms with Crippen molar-refractivity contribution >= 4 is 17.3 Å². The number of pyridine rings is 1. The number of nitrogens with zero attached hydrogens (tertiary/aromatic N) is 6. The van der Waals surface area contributed by atoms with E-state index < -0.39 is 17.6 Å². The van der Waals surface area contributed by atoms with Gasteiger partial charge in [-0.2, -0.15) is 13.2 Å². The van der Waals surface area contributed by atoms with E-state index in [2.05, 4.69) is 25.5 Å². The Labute approximate surface area is 182 Å². The first kappa shape index (κ1) is 21.8. The number of anilines is 2. The zero-order chi connectivity index (χ0) is 22.9. The number of likely N-dealkylation sites (N-methyl/N-ethyl adjacent to an activating group) is 1. The first-order valence-corrected chi connectivity index (χ1v) is 10.0. The van der Waals surface area contributed by atoms with Crippen LogP contribution in [0.4, 0.5) is 24.5 Å². The van der Waals surface area contributed by atoms with Gasteiger partial charge in [0.1, 0.15) is 0 Å². The molecule has 1 amide bonds. The molecule has 1 fully saturated rings. The van der Waals surface area contributed by atoms with E-state index in [1.54, 1.807) is 12.1 Å². The molecular formula is C21H22F3N7O. The van der Waals surface area contributed by atoms with Crippen molar-refractivity contribution in [1.29, 1.82) is 0 Å². The van der Waals surface area contributed by atoms with E-state index in [0.717, 1.165) is 19.2 Å². The standard InChI is InChI=1S/C21H22F3N7O/c1-14-17(21(22,23)24)12-15(13-18(14)30-10-8-29(2)9-11-30)27-20(32)16-4-3-5-25-19(16)31-7-6-26-28-31/h3-7,12-13H,8-11H2,1-2H3,(H,27,32). The van der Waals surface area contributed by atoms with Crippen LogP contribution < -0.4 is 10.2 Å². The van der Waals surface area contributed by atoms with Gasteiger partial charge in [-0.1, -0.05) is 5.21 Å². The Morgan fingerprint density at radius 3 is 2.53 bits per heavy atom. The summed E-state index contributed by atoms with van der Waals surface area (Å²) in [6, 6.07) is 5.67. The summed E-state index contributed by atoms with van der Waals surface area (Å²) >= 11 is 0. The summed E-state index contributed by atoms with van der Waals surface area (Å²) in [6.07, 6.45) is -0.0915. The molecule has 0 aliphatic carbocycles. The second kappa shape index (κ2) is 8.58. The predicted molar refractivity (Wildman–Crippen MR) is 113 cm³/mol. The van der Waals surface area contributed by atoms with Crippen LogP contribution in [0.3, 0.4) is 0 Å². The van der Waals surface area contributed by atoms with Crippen molar-refractivity contribution in [2.24, 2.45) is 0 Å². The number of aromatic nitrogens is 4. The van der Waals surface area contributed by atoms with Gasteiger partial charge in [-0.05, 0) is 43.8 Å². The SMILES string of the molecule is Cc1c(N2CCN(C)CC2)cc(NC(=O)c2cccnc2-n2ccnn2)cc1C(F)(F)F. The highest BCUT2D eigenvalue weighted by molar-refractivity contribution is 6.06. The van der Waals surface area contributed by atoms with E-state index in [1.165, 1.54) is 36.3 Å². The molecule has 1 aliphatic rings. The lowest BCUT2D eigenvalue weighted by molar-refractivity contribution is -0.138. The van der Waals surface area contributed by atoms with Crippen molar-refractivity contribution in [3.8, 4) is 5.82 Å². The van der Waals surface area contributed by atoms with Gasteiger partial charge < -0.3 is 15.1 Å². The summed E-state index contributed by atoms with van der Waals surface area (Å²) in [5.41, 5.74) is 0.0612. The molecule has 8 nitrogen and oxygen atoms in total. The highest BCUT2D eigenvalue weighted by Gasteiger charge is 2.35. The largest absolute Gasteiger partial charge is 0.416 e. The Hall–Kier alpha value is -3.47. The quantitative estimate of drug-likeness (QED) is 0.665. The van der Waals surface area contributed by atoms with Crippen molar-refractivity contribution in [1.82, 2.24) is 24.9 Å². The van der Waals surface area contributed by atoms with Crippen LogP contribution in [0.2, 0.25) is 0 Å². The molecule has 3 aromatic rings. The summed E-state index contributed by atoms with van der Waals surface area (Å²) < 4.78 is 42.7. The van der Waals surface area contributed by atoms with E-state index in [9.17, 15) is 18.0 Å². The Kier molecular flexibility index (Phi) is 5.83. The van der Waals surface area contributed by atoms with Gasteiger partial charge in [-0.25, -0.2) is 9.67 Å². The van der Waals surface area contributed by atoms with Crippen molar-refractivity contribution < 1.29 is 18.0 Å². The molecule has 1 aliphatic heterocycles. The fraction of sp³-hybridized carbons (Fsp3) is 0.333. The highest BCUT2D eigenvalue weighted by Crippen LogP contribution is 2.38.